The van der Waals surface area contributed by atoms with Crippen molar-refractivity contribution in [1.29, 1.82) is 0 Å². The van der Waals surface area contributed by atoms with Crippen molar-refractivity contribution < 1.29 is 19.1 Å². The average Bonchev–Trinajstić information content (AvgIpc) is 3.42. The molecule has 3 aliphatic heterocycles. The summed E-state index contributed by atoms with van der Waals surface area (Å²) in [6.45, 7) is 6.64. The van der Waals surface area contributed by atoms with Gasteiger partial charge in [0, 0.05) is 68.2 Å². The van der Waals surface area contributed by atoms with E-state index in [0.29, 0.717) is 38.6 Å². The van der Waals surface area contributed by atoms with E-state index in [2.05, 4.69) is 39.5 Å². The molecule has 3 aromatic rings. The van der Waals surface area contributed by atoms with Crippen LogP contribution in [0.15, 0.2) is 54.7 Å². The van der Waals surface area contributed by atoms with Crippen LogP contribution in [0, 0.1) is 0 Å². The monoisotopic (exact) mass is 543 g/mol. The van der Waals surface area contributed by atoms with Gasteiger partial charge in [0.05, 0.1) is 25.3 Å². The molecule has 9 nitrogen and oxygen atoms in total. The number of carbonyl (C=O) groups excluding carboxylic acids is 2. The Morgan fingerprint density at radius 3 is 2.55 bits per heavy atom. The van der Waals surface area contributed by atoms with Crippen LogP contribution in [0.5, 0.6) is 5.75 Å². The van der Waals surface area contributed by atoms with Crippen molar-refractivity contribution in [3.05, 3.63) is 60.3 Å². The SMILES string of the molecule is O=C1CCCN1CCOc1ccc2c(C3CCN(C(=O)Nc4ccc(N5CCOCC5)cc4)CC3)ccnc2c1. The highest BCUT2D eigenvalue weighted by atomic mass is 16.5. The first-order valence-electron chi connectivity index (χ1n) is 14.4. The number of morpholine rings is 1. The number of pyridine rings is 1. The second kappa shape index (κ2) is 12.1. The molecule has 3 fully saturated rings. The molecule has 0 atom stereocenters. The molecule has 0 radical (unpaired) electrons. The molecule has 3 amide bonds. The quantitative estimate of drug-likeness (QED) is 0.473. The molecule has 210 valence electrons. The van der Waals surface area contributed by atoms with Crippen LogP contribution in [0.1, 0.15) is 37.2 Å². The topological polar surface area (TPSA) is 87.2 Å². The van der Waals surface area contributed by atoms with Gasteiger partial charge in [-0.15, -0.1) is 0 Å². The van der Waals surface area contributed by atoms with Crippen LogP contribution in [-0.4, -0.2) is 85.8 Å². The summed E-state index contributed by atoms with van der Waals surface area (Å²) in [7, 11) is 0. The Bertz CT molecular complexity index is 1330. The summed E-state index contributed by atoms with van der Waals surface area (Å²) in [5, 5.41) is 4.20. The van der Waals surface area contributed by atoms with E-state index in [9.17, 15) is 9.59 Å². The van der Waals surface area contributed by atoms with Crippen molar-refractivity contribution in [2.75, 3.05) is 69.3 Å². The lowest BCUT2D eigenvalue weighted by atomic mass is 9.87. The number of anilines is 2. The third-order valence-corrected chi connectivity index (χ3v) is 8.27. The number of piperidine rings is 1. The molecular weight excluding hydrogens is 506 g/mol. The molecule has 6 rings (SSSR count). The van der Waals surface area contributed by atoms with Gasteiger partial charge in [0.1, 0.15) is 12.4 Å². The zero-order valence-electron chi connectivity index (χ0n) is 22.9. The highest BCUT2D eigenvalue weighted by molar-refractivity contribution is 5.89. The molecule has 9 heteroatoms. The number of aromatic nitrogens is 1. The largest absolute Gasteiger partial charge is 0.492 e. The fourth-order valence-corrected chi connectivity index (χ4v) is 5.98. The van der Waals surface area contributed by atoms with E-state index in [1.807, 2.05) is 40.3 Å². The minimum atomic E-state index is -0.0467. The number of fused-ring (bicyclic) bond motifs is 1. The molecule has 1 N–H and O–H groups in total. The minimum absolute atomic E-state index is 0.0467. The van der Waals surface area contributed by atoms with E-state index in [-0.39, 0.29) is 11.9 Å². The van der Waals surface area contributed by atoms with E-state index in [1.165, 1.54) is 5.56 Å². The molecule has 1 aromatic heterocycles. The average molecular weight is 544 g/mol. The van der Waals surface area contributed by atoms with Crippen molar-refractivity contribution >= 4 is 34.2 Å². The van der Waals surface area contributed by atoms with Gasteiger partial charge < -0.3 is 29.5 Å². The Morgan fingerprint density at radius 1 is 1.00 bits per heavy atom. The molecule has 2 aromatic carbocycles. The fourth-order valence-electron chi connectivity index (χ4n) is 5.98. The minimum Gasteiger partial charge on any atom is -0.492 e. The second-order valence-corrected chi connectivity index (χ2v) is 10.7. The number of amides is 3. The number of rotatable bonds is 7. The predicted molar refractivity (Wildman–Crippen MR) is 155 cm³/mol. The lowest BCUT2D eigenvalue weighted by Crippen LogP contribution is -2.40. The summed E-state index contributed by atoms with van der Waals surface area (Å²) in [6.07, 6.45) is 5.27. The van der Waals surface area contributed by atoms with E-state index in [1.54, 1.807) is 0 Å². The van der Waals surface area contributed by atoms with Crippen molar-refractivity contribution in [2.45, 2.75) is 31.6 Å². The van der Waals surface area contributed by atoms with E-state index < -0.39 is 0 Å². The number of likely N-dealkylation sites (tertiary alicyclic amines) is 2. The lowest BCUT2D eigenvalue weighted by molar-refractivity contribution is -0.128. The highest BCUT2D eigenvalue weighted by Crippen LogP contribution is 2.34. The van der Waals surface area contributed by atoms with Gasteiger partial charge in [0.25, 0.3) is 0 Å². The second-order valence-electron chi connectivity index (χ2n) is 10.7. The van der Waals surface area contributed by atoms with Crippen LogP contribution in [0.2, 0.25) is 0 Å². The summed E-state index contributed by atoms with van der Waals surface area (Å²) < 4.78 is 11.4. The smallest absolute Gasteiger partial charge is 0.321 e. The maximum absolute atomic E-state index is 13.0. The molecule has 0 aliphatic carbocycles. The van der Waals surface area contributed by atoms with Crippen LogP contribution in [0.4, 0.5) is 16.2 Å². The van der Waals surface area contributed by atoms with Crippen LogP contribution in [0.25, 0.3) is 10.9 Å². The Kier molecular flexibility index (Phi) is 7.99. The van der Waals surface area contributed by atoms with E-state index in [0.717, 1.165) is 80.1 Å². The number of nitrogens with one attached hydrogen (secondary N) is 1. The predicted octanol–water partition coefficient (Wildman–Crippen LogP) is 4.48. The number of hydrogen-bond acceptors (Lipinski definition) is 6. The highest BCUT2D eigenvalue weighted by Gasteiger charge is 2.25. The first kappa shape index (κ1) is 26.4. The zero-order chi connectivity index (χ0) is 27.3. The maximum Gasteiger partial charge on any atom is 0.321 e. The van der Waals surface area contributed by atoms with Gasteiger partial charge in [0.2, 0.25) is 5.91 Å². The summed E-state index contributed by atoms with van der Waals surface area (Å²) >= 11 is 0. The Balaban J connectivity index is 1.02. The standard InChI is InChI=1S/C31H37N5O4/c37-30-2-1-13-35(30)18-21-40-26-7-8-28-27(9-12-32-29(28)22-26)23-10-14-36(15-11-23)31(38)33-24-3-5-25(6-4-24)34-16-19-39-20-17-34/h3-9,12,22-23H,1-2,10-11,13-21H2,(H,33,38). The Hall–Kier alpha value is -3.85. The molecule has 3 aliphatic rings. The summed E-state index contributed by atoms with van der Waals surface area (Å²) in [4.78, 5) is 35.5. The van der Waals surface area contributed by atoms with Gasteiger partial charge in [-0.05, 0) is 73.2 Å². The van der Waals surface area contributed by atoms with Crippen LogP contribution in [-0.2, 0) is 9.53 Å². The Labute approximate surface area is 235 Å². The molecule has 3 saturated heterocycles. The molecular formula is C31H37N5O4. The lowest BCUT2D eigenvalue weighted by Gasteiger charge is -2.32. The Morgan fingerprint density at radius 2 is 1.80 bits per heavy atom. The van der Waals surface area contributed by atoms with Gasteiger partial charge in [-0.25, -0.2) is 4.79 Å². The van der Waals surface area contributed by atoms with Gasteiger partial charge in [-0.1, -0.05) is 0 Å². The van der Waals surface area contributed by atoms with Gasteiger partial charge in [0.15, 0.2) is 0 Å². The van der Waals surface area contributed by atoms with Crippen molar-refractivity contribution in [3.8, 4) is 5.75 Å². The number of hydrogen-bond donors (Lipinski definition) is 1. The number of carbonyl (C=O) groups is 2. The normalized spacial score (nSPS) is 18.4. The van der Waals surface area contributed by atoms with Crippen molar-refractivity contribution in [1.82, 2.24) is 14.8 Å². The summed E-state index contributed by atoms with van der Waals surface area (Å²) in [5.41, 5.74) is 4.16. The van der Waals surface area contributed by atoms with Crippen LogP contribution < -0.4 is 15.0 Å². The number of benzene rings is 2. The number of urea groups is 1. The summed E-state index contributed by atoms with van der Waals surface area (Å²) in [5.74, 6) is 1.36. The molecule has 40 heavy (non-hydrogen) atoms. The van der Waals surface area contributed by atoms with E-state index in [4.69, 9.17) is 9.47 Å². The maximum atomic E-state index is 13.0. The van der Waals surface area contributed by atoms with Crippen molar-refractivity contribution in [3.63, 3.8) is 0 Å². The molecule has 0 bridgehead atoms. The third kappa shape index (κ3) is 5.99. The van der Waals surface area contributed by atoms with Crippen LogP contribution >= 0.6 is 0 Å². The van der Waals surface area contributed by atoms with Gasteiger partial charge >= 0.3 is 6.03 Å². The summed E-state index contributed by atoms with van der Waals surface area (Å²) in [6, 6.07) is 16.2. The fraction of sp³-hybridized carbons (Fsp3) is 0.452. The third-order valence-electron chi connectivity index (χ3n) is 8.27. The number of ether oxygens (including phenoxy) is 2. The molecule has 0 unspecified atom stereocenters. The van der Waals surface area contributed by atoms with Gasteiger partial charge in [-0.3, -0.25) is 9.78 Å². The molecule has 0 saturated carbocycles. The van der Waals surface area contributed by atoms with Crippen molar-refractivity contribution in [2.24, 2.45) is 0 Å². The van der Waals surface area contributed by atoms with Gasteiger partial charge in [-0.2, -0.15) is 0 Å². The van der Waals surface area contributed by atoms with Crippen LogP contribution in [0.3, 0.4) is 0 Å². The first-order valence-corrected chi connectivity index (χ1v) is 14.4. The zero-order valence-corrected chi connectivity index (χ0v) is 22.9. The molecule has 0 spiro atoms. The van der Waals surface area contributed by atoms with E-state index >= 15 is 0 Å². The first-order chi connectivity index (χ1) is 19.6. The number of nitrogens with zero attached hydrogens (tertiary/aromatic N) is 4. The molecule has 4 heterocycles.